The lowest BCUT2D eigenvalue weighted by molar-refractivity contribution is -0.167. The highest BCUT2D eigenvalue weighted by atomic mass is 16.6. The first-order valence-electron chi connectivity index (χ1n) is 24.2. The zero-order valence-electron chi connectivity index (χ0n) is 38.2. The zero-order valence-corrected chi connectivity index (χ0v) is 38.2. The van der Waals surface area contributed by atoms with E-state index in [1.165, 1.54) is 103 Å². The molecule has 6 nitrogen and oxygen atoms in total. The molecule has 0 radical (unpaired) electrons. The van der Waals surface area contributed by atoms with Crippen LogP contribution in [0.25, 0.3) is 0 Å². The van der Waals surface area contributed by atoms with Crippen LogP contribution in [0.1, 0.15) is 213 Å². The predicted octanol–water partition coefficient (Wildman–Crippen LogP) is 15.6. The summed E-state index contributed by atoms with van der Waals surface area (Å²) >= 11 is 0. The fourth-order valence-electron chi connectivity index (χ4n) is 6.34. The van der Waals surface area contributed by atoms with Crippen LogP contribution in [0.15, 0.2) is 85.1 Å². The van der Waals surface area contributed by atoms with Crippen molar-refractivity contribution in [2.75, 3.05) is 13.2 Å². The van der Waals surface area contributed by atoms with Crippen LogP contribution >= 0.6 is 0 Å². The second kappa shape index (κ2) is 47.3. The number of carbonyl (C=O) groups excluding carboxylic acids is 3. The highest BCUT2D eigenvalue weighted by Gasteiger charge is 2.19. The first-order valence-corrected chi connectivity index (χ1v) is 24.2. The van der Waals surface area contributed by atoms with Gasteiger partial charge in [-0.2, -0.15) is 0 Å². The summed E-state index contributed by atoms with van der Waals surface area (Å²) in [7, 11) is 0. The number of ether oxygens (including phenoxy) is 3. The normalized spacial score (nSPS) is 12.8. The minimum Gasteiger partial charge on any atom is -0.462 e. The number of hydrogen-bond donors (Lipinski definition) is 0. The number of unbranched alkanes of at least 4 members (excludes halogenated alkanes) is 21. The Bertz CT molecular complexity index is 1170. The molecule has 59 heavy (non-hydrogen) atoms. The molecule has 0 saturated carbocycles. The third kappa shape index (κ3) is 45.5. The van der Waals surface area contributed by atoms with Gasteiger partial charge in [-0.3, -0.25) is 14.4 Å². The molecule has 0 aliphatic rings. The van der Waals surface area contributed by atoms with Gasteiger partial charge in [0.05, 0.1) is 0 Å². The third-order valence-electron chi connectivity index (χ3n) is 9.98. The summed E-state index contributed by atoms with van der Waals surface area (Å²) in [6.45, 7) is 6.38. The zero-order chi connectivity index (χ0) is 43.0. The Morgan fingerprint density at radius 2 is 0.695 bits per heavy atom. The van der Waals surface area contributed by atoms with Gasteiger partial charge in [-0.15, -0.1) is 0 Å². The molecule has 1 unspecified atom stereocenters. The summed E-state index contributed by atoms with van der Waals surface area (Å²) in [4.78, 5) is 37.8. The van der Waals surface area contributed by atoms with Gasteiger partial charge in [0.25, 0.3) is 0 Å². The van der Waals surface area contributed by atoms with E-state index in [1.54, 1.807) is 0 Å². The summed E-state index contributed by atoms with van der Waals surface area (Å²) in [5, 5.41) is 0. The highest BCUT2D eigenvalue weighted by molar-refractivity contribution is 5.71. The molecule has 0 heterocycles. The van der Waals surface area contributed by atoms with Crippen LogP contribution in [0.3, 0.4) is 0 Å². The first-order chi connectivity index (χ1) is 29.0. The Kier molecular flexibility index (Phi) is 44.5. The van der Waals surface area contributed by atoms with Gasteiger partial charge < -0.3 is 14.2 Å². The van der Waals surface area contributed by atoms with Crippen LogP contribution in [0.5, 0.6) is 0 Å². The van der Waals surface area contributed by atoms with Gasteiger partial charge in [0.1, 0.15) is 13.2 Å². The summed E-state index contributed by atoms with van der Waals surface area (Å²) in [5.74, 6) is -1.01. The molecule has 0 saturated heterocycles. The van der Waals surface area contributed by atoms with E-state index in [4.69, 9.17) is 14.2 Å². The number of carbonyl (C=O) groups is 3. The Morgan fingerprint density at radius 1 is 0.356 bits per heavy atom. The van der Waals surface area contributed by atoms with Crippen LogP contribution in [0.4, 0.5) is 0 Å². The maximum Gasteiger partial charge on any atom is 0.306 e. The summed E-state index contributed by atoms with van der Waals surface area (Å²) < 4.78 is 16.7. The van der Waals surface area contributed by atoms with E-state index < -0.39 is 6.10 Å². The van der Waals surface area contributed by atoms with Crippen LogP contribution < -0.4 is 0 Å². The van der Waals surface area contributed by atoms with Gasteiger partial charge in [-0.05, 0) is 83.5 Å². The number of allylic oxidation sites excluding steroid dienone is 14. The van der Waals surface area contributed by atoms with E-state index in [9.17, 15) is 14.4 Å². The molecule has 0 aromatic carbocycles. The van der Waals surface area contributed by atoms with Gasteiger partial charge in [0.15, 0.2) is 6.10 Å². The maximum absolute atomic E-state index is 12.7. The second-order valence-corrected chi connectivity index (χ2v) is 15.8. The molecule has 0 amide bonds. The molecule has 0 aromatic heterocycles. The largest absolute Gasteiger partial charge is 0.462 e. The van der Waals surface area contributed by atoms with Gasteiger partial charge in [-0.1, -0.05) is 196 Å². The van der Waals surface area contributed by atoms with Crippen LogP contribution in [0, 0.1) is 0 Å². The predicted molar refractivity (Wildman–Crippen MR) is 251 cm³/mol. The lowest BCUT2D eigenvalue weighted by Gasteiger charge is -2.18. The van der Waals surface area contributed by atoms with E-state index >= 15 is 0 Å². The van der Waals surface area contributed by atoms with E-state index in [0.29, 0.717) is 19.3 Å². The van der Waals surface area contributed by atoms with E-state index in [2.05, 4.69) is 51.2 Å². The molecule has 0 N–H and O–H groups in total. The van der Waals surface area contributed by atoms with Crippen molar-refractivity contribution in [3.05, 3.63) is 85.1 Å². The topological polar surface area (TPSA) is 78.9 Å². The number of hydrogen-bond acceptors (Lipinski definition) is 6. The fraction of sp³-hybridized carbons (Fsp3) is 0.679. The lowest BCUT2D eigenvalue weighted by atomic mass is 10.1. The minimum atomic E-state index is -0.820. The van der Waals surface area contributed by atoms with Crippen molar-refractivity contribution in [2.24, 2.45) is 0 Å². The average molecular weight is 821 g/mol. The minimum absolute atomic E-state index is 0.113. The molecule has 0 aromatic rings. The molecule has 0 spiro atoms. The molecule has 1 atom stereocenters. The van der Waals surface area contributed by atoms with Gasteiger partial charge >= 0.3 is 17.9 Å². The number of esters is 3. The Morgan fingerprint density at radius 3 is 1.15 bits per heavy atom. The Labute approximate surface area is 363 Å². The van der Waals surface area contributed by atoms with Crippen molar-refractivity contribution in [3.8, 4) is 0 Å². The van der Waals surface area contributed by atoms with Gasteiger partial charge in [0, 0.05) is 19.3 Å². The SMILES string of the molecule is CC\C=C/C=C\C=C/C=C\C=C/CCCC(=O)OC(COC(=O)CCCCC/C=C\CCCCCCCC)COC(=O)CCCCCCCCC/C=C\CCCCCC. The standard InChI is InChI=1S/C53H88O6/c1-4-7-10-13-16-19-22-25-26-29-31-34-37-40-43-46-52(55)58-49-50(59-53(56)47-44-41-38-35-32-28-24-21-18-15-12-9-6-3)48-57-51(54)45-42-39-36-33-30-27-23-20-17-14-11-8-5-2/h9,12,15,18-19,21-22,24,27-28,30,32,35,38,50H,4-8,10-11,13-14,16-17,20,23,25-26,29,31,33-34,36-37,39-49H2,1-3H3/b12-9-,18-15-,22-19-,24-21-,30-27-,32-28-,38-35-. The Balaban J connectivity index is 4.51. The van der Waals surface area contributed by atoms with Crippen molar-refractivity contribution in [1.82, 2.24) is 0 Å². The van der Waals surface area contributed by atoms with Crippen molar-refractivity contribution in [3.63, 3.8) is 0 Å². The smallest absolute Gasteiger partial charge is 0.306 e. The molecule has 0 rings (SSSR count). The van der Waals surface area contributed by atoms with Crippen LogP contribution in [0.2, 0.25) is 0 Å². The van der Waals surface area contributed by atoms with Crippen molar-refractivity contribution in [2.45, 2.75) is 219 Å². The molecule has 336 valence electrons. The summed E-state index contributed by atoms with van der Waals surface area (Å²) in [6.07, 6.45) is 60.0. The fourth-order valence-corrected chi connectivity index (χ4v) is 6.34. The molecule has 0 aliphatic heterocycles. The monoisotopic (exact) mass is 821 g/mol. The number of rotatable bonds is 42. The summed E-state index contributed by atoms with van der Waals surface area (Å²) in [6, 6.07) is 0. The third-order valence-corrected chi connectivity index (χ3v) is 9.98. The molecule has 0 bridgehead atoms. The lowest BCUT2D eigenvalue weighted by Crippen LogP contribution is -2.30. The van der Waals surface area contributed by atoms with Crippen molar-refractivity contribution >= 4 is 17.9 Å². The van der Waals surface area contributed by atoms with E-state index in [1.807, 2.05) is 54.7 Å². The van der Waals surface area contributed by atoms with Gasteiger partial charge in [0.2, 0.25) is 0 Å². The van der Waals surface area contributed by atoms with Crippen molar-refractivity contribution < 1.29 is 28.6 Å². The van der Waals surface area contributed by atoms with Crippen LogP contribution in [-0.2, 0) is 28.6 Å². The molecular weight excluding hydrogens is 733 g/mol. The van der Waals surface area contributed by atoms with E-state index in [0.717, 1.165) is 64.2 Å². The first kappa shape index (κ1) is 55.6. The van der Waals surface area contributed by atoms with Crippen LogP contribution in [-0.4, -0.2) is 37.2 Å². The highest BCUT2D eigenvalue weighted by Crippen LogP contribution is 2.13. The summed E-state index contributed by atoms with van der Waals surface area (Å²) in [5.41, 5.74) is 0. The molecular formula is C53H88O6. The average Bonchev–Trinajstić information content (AvgIpc) is 3.23. The van der Waals surface area contributed by atoms with E-state index in [-0.39, 0.29) is 37.5 Å². The molecule has 0 aliphatic carbocycles. The second-order valence-electron chi connectivity index (χ2n) is 15.8. The Hall–Kier alpha value is -3.41. The van der Waals surface area contributed by atoms with Gasteiger partial charge in [-0.25, -0.2) is 0 Å². The van der Waals surface area contributed by atoms with Crippen molar-refractivity contribution in [1.29, 1.82) is 0 Å². The quantitative estimate of drug-likeness (QED) is 0.0201. The molecule has 6 heteroatoms. The molecule has 0 fully saturated rings. The maximum atomic E-state index is 12.7.